The molecule has 0 aliphatic carbocycles. The molecule has 0 spiro atoms. The molecule has 3 rings (SSSR count). The van der Waals surface area contributed by atoms with Crippen molar-refractivity contribution in [3.63, 3.8) is 0 Å². The maximum absolute atomic E-state index is 11.4. The molecule has 2 amide bonds. The van der Waals surface area contributed by atoms with Crippen LogP contribution in [0.25, 0.3) is 11.1 Å². The fourth-order valence-corrected chi connectivity index (χ4v) is 2.55. The topological polar surface area (TPSA) is 70.4 Å². The number of carbonyl (C=O) groups is 2. The van der Waals surface area contributed by atoms with Gasteiger partial charge >= 0.3 is 0 Å². The van der Waals surface area contributed by atoms with E-state index in [4.69, 9.17) is 10.00 Å². The van der Waals surface area contributed by atoms with Crippen molar-refractivity contribution in [3.05, 3.63) is 66.2 Å². The number of nitriles is 1. The summed E-state index contributed by atoms with van der Waals surface area (Å²) in [7, 11) is 0. The Morgan fingerprint density at radius 1 is 0.880 bits per heavy atom. The van der Waals surface area contributed by atoms with Gasteiger partial charge in [0.1, 0.15) is 5.75 Å². The van der Waals surface area contributed by atoms with Crippen LogP contribution in [0, 0.1) is 11.3 Å². The lowest BCUT2D eigenvalue weighted by atomic mass is 10.0. The number of ether oxygens (including phenoxy) is 1. The first-order valence-electron chi connectivity index (χ1n) is 7.94. The number of carbonyl (C=O) groups excluding carboxylic acids is 2. The van der Waals surface area contributed by atoms with Crippen LogP contribution in [0.3, 0.4) is 0 Å². The first-order chi connectivity index (χ1) is 12.2. The van der Waals surface area contributed by atoms with Crippen molar-refractivity contribution in [2.75, 3.05) is 13.2 Å². The van der Waals surface area contributed by atoms with Crippen LogP contribution in [-0.2, 0) is 9.59 Å². The van der Waals surface area contributed by atoms with E-state index in [-0.39, 0.29) is 11.8 Å². The van der Waals surface area contributed by atoms with Crippen LogP contribution < -0.4 is 4.74 Å². The zero-order valence-electron chi connectivity index (χ0n) is 13.5. The fraction of sp³-hybridized carbons (Fsp3) is 0.150. The molecule has 2 aromatic carbocycles. The van der Waals surface area contributed by atoms with Gasteiger partial charge in [-0.05, 0) is 41.8 Å². The van der Waals surface area contributed by atoms with Gasteiger partial charge in [-0.25, -0.2) is 0 Å². The minimum atomic E-state index is -0.267. The van der Waals surface area contributed by atoms with Gasteiger partial charge in [0.05, 0.1) is 18.2 Å². The van der Waals surface area contributed by atoms with Gasteiger partial charge in [0.2, 0.25) is 0 Å². The number of rotatable bonds is 6. The summed E-state index contributed by atoms with van der Waals surface area (Å²) in [4.78, 5) is 24.0. The van der Waals surface area contributed by atoms with Gasteiger partial charge in [0.25, 0.3) is 11.8 Å². The van der Waals surface area contributed by atoms with E-state index in [9.17, 15) is 9.59 Å². The smallest absolute Gasteiger partial charge is 0.253 e. The molecule has 0 saturated heterocycles. The fourth-order valence-electron chi connectivity index (χ4n) is 2.55. The second kappa shape index (κ2) is 7.45. The van der Waals surface area contributed by atoms with Gasteiger partial charge in [-0.2, -0.15) is 5.26 Å². The Balaban J connectivity index is 1.50. The zero-order valence-corrected chi connectivity index (χ0v) is 13.5. The monoisotopic (exact) mass is 332 g/mol. The number of amides is 2. The van der Waals surface area contributed by atoms with Crippen LogP contribution in [0.2, 0.25) is 0 Å². The molecule has 124 valence electrons. The lowest BCUT2D eigenvalue weighted by Gasteiger charge is -2.13. The Morgan fingerprint density at radius 2 is 1.44 bits per heavy atom. The highest BCUT2D eigenvalue weighted by Crippen LogP contribution is 2.22. The maximum Gasteiger partial charge on any atom is 0.253 e. The molecule has 0 aromatic heterocycles. The highest BCUT2D eigenvalue weighted by molar-refractivity contribution is 6.12. The Kier molecular flexibility index (Phi) is 4.91. The van der Waals surface area contributed by atoms with E-state index in [0.717, 1.165) is 16.9 Å². The third-order valence-electron chi connectivity index (χ3n) is 3.90. The summed E-state index contributed by atoms with van der Waals surface area (Å²) >= 11 is 0. The van der Waals surface area contributed by atoms with Crippen LogP contribution >= 0.6 is 0 Å². The van der Waals surface area contributed by atoms with E-state index < -0.39 is 0 Å². The molecule has 2 aromatic rings. The Morgan fingerprint density at radius 3 is 2.00 bits per heavy atom. The molecule has 0 unspecified atom stereocenters. The summed E-state index contributed by atoms with van der Waals surface area (Å²) in [6, 6.07) is 17.2. The molecule has 5 nitrogen and oxygen atoms in total. The molecule has 0 atom stereocenters. The van der Waals surface area contributed by atoms with Crippen LogP contribution in [-0.4, -0.2) is 29.9 Å². The normalized spacial score (nSPS) is 13.2. The highest BCUT2D eigenvalue weighted by atomic mass is 16.5. The second-order valence-electron chi connectivity index (χ2n) is 5.58. The highest BCUT2D eigenvalue weighted by Gasteiger charge is 2.22. The van der Waals surface area contributed by atoms with Gasteiger partial charge in [-0.3, -0.25) is 14.5 Å². The third-order valence-corrected chi connectivity index (χ3v) is 3.90. The lowest BCUT2D eigenvalue weighted by Crippen LogP contribution is -2.31. The number of nitrogens with zero attached hydrogens (tertiary/aromatic N) is 2. The van der Waals surface area contributed by atoms with Gasteiger partial charge in [0.15, 0.2) is 0 Å². The van der Waals surface area contributed by atoms with Crippen LogP contribution in [0.1, 0.15) is 12.0 Å². The summed E-state index contributed by atoms with van der Waals surface area (Å²) in [5.74, 6) is 0.197. The van der Waals surface area contributed by atoms with E-state index in [1.54, 1.807) is 12.1 Å². The van der Waals surface area contributed by atoms with Crippen molar-refractivity contribution >= 4 is 11.8 Å². The number of imide groups is 1. The lowest BCUT2D eigenvalue weighted by molar-refractivity contribution is -0.136. The van der Waals surface area contributed by atoms with Gasteiger partial charge < -0.3 is 4.74 Å². The molecule has 1 heterocycles. The summed E-state index contributed by atoms with van der Waals surface area (Å²) in [6.45, 7) is 0.779. The second-order valence-corrected chi connectivity index (χ2v) is 5.58. The number of benzene rings is 2. The Labute approximate surface area is 145 Å². The maximum atomic E-state index is 11.4. The Bertz CT molecular complexity index is 828. The SMILES string of the molecule is N#Cc1ccc(-c2ccc(OCCCN3C(=O)C=CC3=O)cc2)cc1. The van der Waals surface area contributed by atoms with E-state index in [2.05, 4.69) is 6.07 Å². The zero-order chi connectivity index (χ0) is 17.6. The van der Waals surface area contributed by atoms with E-state index >= 15 is 0 Å². The van der Waals surface area contributed by atoms with E-state index in [0.29, 0.717) is 25.1 Å². The van der Waals surface area contributed by atoms with Crippen LogP contribution in [0.4, 0.5) is 0 Å². The molecule has 0 N–H and O–H groups in total. The largest absolute Gasteiger partial charge is 0.494 e. The van der Waals surface area contributed by atoms with Crippen molar-refractivity contribution in [1.29, 1.82) is 5.26 Å². The predicted octanol–water partition coefficient (Wildman–Crippen LogP) is 2.92. The van der Waals surface area contributed by atoms with Gasteiger partial charge in [-0.1, -0.05) is 24.3 Å². The van der Waals surface area contributed by atoms with E-state index in [1.165, 1.54) is 17.1 Å². The molecular weight excluding hydrogens is 316 g/mol. The van der Waals surface area contributed by atoms with E-state index in [1.807, 2.05) is 36.4 Å². The van der Waals surface area contributed by atoms with Crippen molar-refractivity contribution < 1.29 is 14.3 Å². The molecular formula is C20H16N2O3. The van der Waals surface area contributed by atoms with Crippen molar-refractivity contribution in [2.45, 2.75) is 6.42 Å². The molecule has 25 heavy (non-hydrogen) atoms. The van der Waals surface area contributed by atoms with Crippen molar-refractivity contribution in [1.82, 2.24) is 4.90 Å². The molecule has 0 bridgehead atoms. The first-order valence-corrected chi connectivity index (χ1v) is 7.94. The summed E-state index contributed by atoms with van der Waals surface area (Å²) in [6.07, 6.45) is 3.15. The molecule has 0 radical (unpaired) electrons. The quantitative estimate of drug-likeness (QED) is 0.602. The minimum Gasteiger partial charge on any atom is -0.494 e. The number of hydrogen-bond donors (Lipinski definition) is 0. The van der Waals surface area contributed by atoms with Gasteiger partial charge in [0, 0.05) is 18.7 Å². The van der Waals surface area contributed by atoms with Crippen molar-refractivity contribution in [3.8, 4) is 22.9 Å². The predicted molar refractivity (Wildman–Crippen MR) is 92.6 cm³/mol. The third kappa shape index (κ3) is 3.93. The van der Waals surface area contributed by atoms with Crippen LogP contribution in [0.5, 0.6) is 5.75 Å². The summed E-state index contributed by atoms with van der Waals surface area (Å²) < 4.78 is 5.65. The van der Waals surface area contributed by atoms with Crippen LogP contribution in [0.15, 0.2) is 60.7 Å². The van der Waals surface area contributed by atoms with Crippen molar-refractivity contribution in [2.24, 2.45) is 0 Å². The average Bonchev–Trinajstić information content (AvgIpc) is 2.97. The average molecular weight is 332 g/mol. The summed E-state index contributed by atoms with van der Waals surface area (Å²) in [5.41, 5.74) is 2.70. The minimum absolute atomic E-state index is 0.267. The molecule has 1 aliphatic rings. The van der Waals surface area contributed by atoms with Gasteiger partial charge in [-0.15, -0.1) is 0 Å². The molecule has 5 heteroatoms. The number of hydrogen-bond acceptors (Lipinski definition) is 4. The molecule has 0 saturated carbocycles. The standard InChI is InChI=1S/C20H16N2O3/c21-14-15-2-4-16(5-3-15)17-6-8-18(9-7-17)25-13-1-12-22-19(23)10-11-20(22)24/h2-11H,1,12-13H2. The first kappa shape index (κ1) is 16.5. The molecule has 0 fully saturated rings. The molecule has 1 aliphatic heterocycles. The Hall–Kier alpha value is -3.39. The summed E-state index contributed by atoms with van der Waals surface area (Å²) in [5, 5.41) is 8.83.